The van der Waals surface area contributed by atoms with Gasteiger partial charge in [0.05, 0.1) is 18.2 Å². The van der Waals surface area contributed by atoms with Crippen LogP contribution < -0.4 is 10.6 Å². The van der Waals surface area contributed by atoms with Crippen molar-refractivity contribution < 1.29 is 4.39 Å². The van der Waals surface area contributed by atoms with E-state index >= 15 is 0 Å². The van der Waals surface area contributed by atoms with Crippen molar-refractivity contribution in [3.05, 3.63) is 71.0 Å². The second-order valence-corrected chi connectivity index (χ2v) is 7.33. The predicted octanol–water partition coefficient (Wildman–Crippen LogP) is 4.04. The Morgan fingerprint density at radius 1 is 1.10 bits per heavy atom. The smallest absolute Gasteiger partial charge is 0.191 e. The van der Waals surface area contributed by atoms with E-state index in [-0.39, 0.29) is 29.8 Å². The number of rotatable bonds is 6. The van der Waals surface area contributed by atoms with E-state index in [1.807, 2.05) is 36.4 Å². The normalized spacial score (nSPS) is 15.2. The Morgan fingerprint density at radius 3 is 2.33 bits per heavy atom. The van der Waals surface area contributed by atoms with Crippen LogP contribution in [0.1, 0.15) is 36.5 Å². The Hall–Kier alpha value is -2.18. The Morgan fingerprint density at radius 2 is 1.73 bits per heavy atom. The third-order valence-electron chi connectivity index (χ3n) is 5.09. The van der Waals surface area contributed by atoms with Crippen LogP contribution in [0, 0.1) is 17.1 Å². The molecule has 160 valence electrons. The molecule has 0 unspecified atom stereocenters. The molecule has 5 nitrogen and oxygen atoms in total. The van der Waals surface area contributed by atoms with Gasteiger partial charge in [0, 0.05) is 32.2 Å². The Labute approximate surface area is 195 Å². The highest BCUT2D eigenvalue weighted by Gasteiger charge is 2.20. The maximum Gasteiger partial charge on any atom is 0.191 e. The number of hydrogen-bond acceptors (Lipinski definition) is 3. The van der Waals surface area contributed by atoms with Gasteiger partial charge in [0.15, 0.2) is 5.96 Å². The molecule has 1 fully saturated rings. The lowest BCUT2D eigenvalue weighted by Gasteiger charge is -2.33. The summed E-state index contributed by atoms with van der Waals surface area (Å²) >= 11 is 0. The molecular weight excluding hydrogens is 492 g/mol. The Bertz CT molecular complexity index is 837. The summed E-state index contributed by atoms with van der Waals surface area (Å²) in [5.41, 5.74) is 2.89. The number of nitriles is 1. The molecule has 1 heterocycles. The molecule has 7 heteroatoms. The molecule has 2 aromatic rings. The van der Waals surface area contributed by atoms with Crippen LogP contribution in [-0.2, 0) is 13.1 Å². The number of halogens is 2. The van der Waals surface area contributed by atoms with Gasteiger partial charge in [-0.1, -0.05) is 24.3 Å². The van der Waals surface area contributed by atoms with Crippen molar-refractivity contribution in [3.63, 3.8) is 0 Å². The van der Waals surface area contributed by atoms with Crippen molar-refractivity contribution in [1.29, 1.82) is 5.26 Å². The van der Waals surface area contributed by atoms with E-state index < -0.39 is 0 Å². The minimum Gasteiger partial charge on any atom is -0.357 e. The second kappa shape index (κ2) is 12.5. The molecule has 0 aromatic heterocycles. The minimum absolute atomic E-state index is 0. The standard InChI is InChI=1S/C23H28FN5.HI/c1-2-26-23(27-16-19-5-3-18(15-25)4-6-19)28-22-11-13-29(14-12-22)17-20-7-9-21(24)10-8-20;/h3-10,22H,2,11-14,16-17H2,1H3,(H2,26,27,28);1H. The molecule has 0 spiro atoms. The fourth-order valence-electron chi connectivity index (χ4n) is 3.45. The molecule has 30 heavy (non-hydrogen) atoms. The fraction of sp³-hybridized carbons (Fsp3) is 0.391. The zero-order chi connectivity index (χ0) is 20.5. The Kier molecular flexibility index (Phi) is 10.0. The van der Waals surface area contributed by atoms with Crippen molar-refractivity contribution in [2.45, 2.75) is 38.9 Å². The zero-order valence-electron chi connectivity index (χ0n) is 17.3. The lowest BCUT2D eigenvalue weighted by Crippen LogP contribution is -2.48. The summed E-state index contributed by atoms with van der Waals surface area (Å²) in [4.78, 5) is 7.10. The number of hydrogen-bond donors (Lipinski definition) is 2. The van der Waals surface area contributed by atoms with Crippen LogP contribution in [0.25, 0.3) is 0 Å². The molecule has 2 N–H and O–H groups in total. The molecule has 1 saturated heterocycles. The maximum absolute atomic E-state index is 13.1. The molecule has 0 aliphatic carbocycles. The number of nitrogens with zero attached hydrogens (tertiary/aromatic N) is 3. The summed E-state index contributed by atoms with van der Waals surface area (Å²) < 4.78 is 13.1. The molecule has 1 aliphatic heterocycles. The topological polar surface area (TPSA) is 63.5 Å². The first kappa shape index (κ1) is 24.1. The molecule has 0 atom stereocenters. The van der Waals surface area contributed by atoms with Crippen LogP contribution in [-0.4, -0.2) is 36.5 Å². The van der Waals surface area contributed by atoms with Gasteiger partial charge >= 0.3 is 0 Å². The van der Waals surface area contributed by atoms with Gasteiger partial charge in [0.25, 0.3) is 0 Å². The highest BCUT2D eigenvalue weighted by molar-refractivity contribution is 14.0. The first-order valence-electron chi connectivity index (χ1n) is 10.2. The second-order valence-electron chi connectivity index (χ2n) is 7.33. The maximum atomic E-state index is 13.1. The summed E-state index contributed by atoms with van der Waals surface area (Å²) in [6.07, 6.45) is 2.09. The van der Waals surface area contributed by atoms with Crippen LogP contribution in [0.15, 0.2) is 53.5 Å². The van der Waals surface area contributed by atoms with Crippen LogP contribution in [0.3, 0.4) is 0 Å². The molecule has 0 bridgehead atoms. The first-order chi connectivity index (χ1) is 14.2. The number of aliphatic imine (C=N–C) groups is 1. The molecule has 0 radical (unpaired) electrons. The summed E-state index contributed by atoms with van der Waals surface area (Å²) in [5.74, 6) is 0.641. The zero-order valence-corrected chi connectivity index (χ0v) is 19.6. The van der Waals surface area contributed by atoms with Gasteiger partial charge in [-0.15, -0.1) is 24.0 Å². The van der Waals surface area contributed by atoms with E-state index in [0.29, 0.717) is 18.2 Å². The Balaban J connectivity index is 0.00000320. The average Bonchev–Trinajstić information content (AvgIpc) is 2.75. The molecule has 0 amide bonds. The van der Waals surface area contributed by atoms with E-state index in [9.17, 15) is 4.39 Å². The van der Waals surface area contributed by atoms with Gasteiger partial charge in [-0.3, -0.25) is 4.90 Å². The average molecular weight is 521 g/mol. The monoisotopic (exact) mass is 521 g/mol. The van der Waals surface area contributed by atoms with Gasteiger partial charge in [-0.2, -0.15) is 5.26 Å². The number of nitrogens with one attached hydrogen (secondary N) is 2. The van der Waals surface area contributed by atoms with Crippen LogP contribution >= 0.6 is 24.0 Å². The quantitative estimate of drug-likeness (QED) is 0.343. The number of benzene rings is 2. The molecule has 1 aliphatic rings. The minimum atomic E-state index is -0.187. The number of piperidine rings is 1. The van der Waals surface area contributed by atoms with E-state index in [1.165, 1.54) is 12.1 Å². The molecule has 3 rings (SSSR count). The van der Waals surface area contributed by atoms with Crippen LogP contribution in [0.5, 0.6) is 0 Å². The van der Waals surface area contributed by atoms with Gasteiger partial charge in [0.1, 0.15) is 5.82 Å². The summed E-state index contributed by atoms with van der Waals surface area (Å²) in [6.45, 7) is 6.31. The first-order valence-corrected chi connectivity index (χ1v) is 10.2. The van der Waals surface area contributed by atoms with Gasteiger partial charge in [-0.05, 0) is 55.2 Å². The third kappa shape index (κ3) is 7.58. The molecule has 0 saturated carbocycles. The van der Waals surface area contributed by atoms with Gasteiger partial charge in [0.2, 0.25) is 0 Å². The highest BCUT2D eigenvalue weighted by Crippen LogP contribution is 2.14. The molecular formula is C23H29FIN5. The summed E-state index contributed by atoms with van der Waals surface area (Å²) in [7, 11) is 0. The highest BCUT2D eigenvalue weighted by atomic mass is 127. The van der Waals surface area contributed by atoms with Crippen molar-refractivity contribution in [2.75, 3.05) is 19.6 Å². The summed E-state index contributed by atoms with van der Waals surface area (Å²) in [6, 6.07) is 16.8. The SMILES string of the molecule is CCNC(=NCc1ccc(C#N)cc1)NC1CCN(Cc2ccc(F)cc2)CC1.I. The summed E-state index contributed by atoms with van der Waals surface area (Å²) in [5, 5.41) is 15.8. The van der Waals surface area contributed by atoms with Crippen LogP contribution in [0.2, 0.25) is 0 Å². The number of likely N-dealkylation sites (tertiary alicyclic amines) is 1. The van der Waals surface area contributed by atoms with E-state index in [4.69, 9.17) is 10.3 Å². The van der Waals surface area contributed by atoms with Gasteiger partial charge < -0.3 is 10.6 Å². The van der Waals surface area contributed by atoms with Gasteiger partial charge in [-0.25, -0.2) is 9.38 Å². The van der Waals surface area contributed by atoms with Crippen molar-refractivity contribution in [3.8, 4) is 6.07 Å². The predicted molar refractivity (Wildman–Crippen MR) is 129 cm³/mol. The largest absolute Gasteiger partial charge is 0.357 e. The fourth-order valence-corrected chi connectivity index (χ4v) is 3.45. The number of guanidine groups is 1. The molecule has 2 aromatic carbocycles. The third-order valence-corrected chi connectivity index (χ3v) is 5.09. The lowest BCUT2D eigenvalue weighted by atomic mass is 10.0. The van der Waals surface area contributed by atoms with E-state index in [1.54, 1.807) is 0 Å². The van der Waals surface area contributed by atoms with E-state index in [0.717, 1.165) is 56.1 Å². The van der Waals surface area contributed by atoms with E-state index in [2.05, 4.69) is 28.5 Å². The van der Waals surface area contributed by atoms with Crippen molar-refractivity contribution >= 4 is 29.9 Å². The van der Waals surface area contributed by atoms with Crippen molar-refractivity contribution in [1.82, 2.24) is 15.5 Å². The van der Waals surface area contributed by atoms with Crippen LogP contribution in [0.4, 0.5) is 4.39 Å². The van der Waals surface area contributed by atoms with Crippen molar-refractivity contribution in [2.24, 2.45) is 4.99 Å². The lowest BCUT2D eigenvalue weighted by molar-refractivity contribution is 0.198.